The quantitative estimate of drug-likeness (QED) is 0.859. The van der Waals surface area contributed by atoms with Gasteiger partial charge in [-0.15, -0.1) is 11.8 Å². The summed E-state index contributed by atoms with van der Waals surface area (Å²) < 4.78 is 0. The molecule has 2 amide bonds. The first kappa shape index (κ1) is 13.5. The Bertz CT molecular complexity index is 555. The molecule has 106 valence electrons. The maximum Gasteiger partial charge on any atom is 0.242 e. The van der Waals surface area contributed by atoms with Crippen LogP contribution in [0.25, 0.3) is 0 Å². The summed E-state index contributed by atoms with van der Waals surface area (Å²) in [4.78, 5) is 25.3. The van der Waals surface area contributed by atoms with E-state index in [-0.39, 0.29) is 17.9 Å². The molecule has 0 aromatic heterocycles. The van der Waals surface area contributed by atoms with Crippen molar-refractivity contribution in [3.63, 3.8) is 0 Å². The number of anilines is 2. The van der Waals surface area contributed by atoms with Crippen LogP contribution < -0.4 is 15.5 Å². The zero-order valence-electron chi connectivity index (χ0n) is 11.3. The van der Waals surface area contributed by atoms with Crippen LogP contribution in [0.1, 0.15) is 12.5 Å². The Labute approximate surface area is 122 Å². The third kappa shape index (κ3) is 2.53. The van der Waals surface area contributed by atoms with Gasteiger partial charge < -0.3 is 10.2 Å². The molecule has 2 N–H and O–H groups in total. The summed E-state index contributed by atoms with van der Waals surface area (Å²) in [7, 11) is 0. The van der Waals surface area contributed by atoms with Crippen molar-refractivity contribution in [3.05, 3.63) is 23.8 Å². The molecule has 2 aliphatic heterocycles. The molecule has 1 saturated heterocycles. The first-order valence-electron chi connectivity index (χ1n) is 6.68. The van der Waals surface area contributed by atoms with Gasteiger partial charge in [-0.2, -0.15) is 0 Å². The third-order valence-electron chi connectivity index (χ3n) is 3.66. The van der Waals surface area contributed by atoms with E-state index in [0.29, 0.717) is 0 Å². The lowest BCUT2D eigenvalue weighted by Gasteiger charge is -2.15. The molecule has 1 aromatic rings. The van der Waals surface area contributed by atoms with Gasteiger partial charge in [-0.25, -0.2) is 0 Å². The van der Waals surface area contributed by atoms with Gasteiger partial charge in [0.15, 0.2) is 0 Å². The molecule has 3 rings (SSSR count). The van der Waals surface area contributed by atoms with Crippen molar-refractivity contribution in [1.29, 1.82) is 0 Å². The standard InChI is InChI=1S/C14H17N3O2S/c1-9(18)17-5-4-10-6-11(2-3-13(10)17)16-14(19)12-7-20-8-15-12/h2-3,6,12,15H,4-5,7-8H2,1H3,(H,16,19). The normalized spacial score (nSPS) is 20.9. The maximum absolute atomic E-state index is 12.0. The minimum absolute atomic E-state index is 0.0105. The Balaban J connectivity index is 1.73. The van der Waals surface area contributed by atoms with Crippen molar-refractivity contribution < 1.29 is 9.59 Å². The second-order valence-electron chi connectivity index (χ2n) is 5.03. The number of carbonyl (C=O) groups is 2. The van der Waals surface area contributed by atoms with E-state index in [1.54, 1.807) is 23.6 Å². The van der Waals surface area contributed by atoms with Crippen LogP contribution in [0.4, 0.5) is 11.4 Å². The second-order valence-corrected chi connectivity index (χ2v) is 6.06. The molecular formula is C14H17N3O2S. The van der Waals surface area contributed by atoms with Crippen molar-refractivity contribution in [1.82, 2.24) is 5.32 Å². The van der Waals surface area contributed by atoms with Gasteiger partial charge in [0.1, 0.15) is 0 Å². The predicted octanol–water partition coefficient (Wildman–Crippen LogP) is 1.20. The lowest BCUT2D eigenvalue weighted by atomic mass is 10.1. The smallest absolute Gasteiger partial charge is 0.242 e. The van der Waals surface area contributed by atoms with Crippen LogP contribution in [0.3, 0.4) is 0 Å². The summed E-state index contributed by atoms with van der Waals surface area (Å²) in [6.07, 6.45) is 0.843. The van der Waals surface area contributed by atoms with Crippen molar-refractivity contribution in [2.75, 3.05) is 28.4 Å². The van der Waals surface area contributed by atoms with Crippen molar-refractivity contribution in [2.24, 2.45) is 0 Å². The molecule has 5 nitrogen and oxygen atoms in total. The number of hydrogen-bond donors (Lipinski definition) is 2. The number of carbonyl (C=O) groups excluding carboxylic acids is 2. The molecule has 1 fully saturated rings. The molecule has 0 spiro atoms. The van der Waals surface area contributed by atoms with E-state index in [4.69, 9.17) is 0 Å². The van der Waals surface area contributed by atoms with E-state index >= 15 is 0 Å². The Morgan fingerprint density at radius 2 is 2.30 bits per heavy atom. The van der Waals surface area contributed by atoms with E-state index in [0.717, 1.165) is 41.5 Å². The molecule has 2 aliphatic rings. The average molecular weight is 291 g/mol. The van der Waals surface area contributed by atoms with E-state index in [2.05, 4.69) is 10.6 Å². The number of nitrogens with one attached hydrogen (secondary N) is 2. The number of fused-ring (bicyclic) bond motifs is 1. The van der Waals surface area contributed by atoms with Crippen molar-refractivity contribution in [2.45, 2.75) is 19.4 Å². The van der Waals surface area contributed by atoms with Gasteiger partial charge >= 0.3 is 0 Å². The number of rotatable bonds is 2. The fraction of sp³-hybridized carbons (Fsp3) is 0.429. The lowest BCUT2D eigenvalue weighted by molar-refractivity contribution is -0.117. The highest BCUT2D eigenvalue weighted by Crippen LogP contribution is 2.30. The number of amides is 2. The van der Waals surface area contributed by atoms with Crippen LogP contribution in [0, 0.1) is 0 Å². The number of nitrogens with zero attached hydrogens (tertiary/aromatic N) is 1. The van der Waals surface area contributed by atoms with Crippen molar-refractivity contribution >= 4 is 35.0 Å². The van der Waals surface area contributed by atoms with E-state index in [1.807, 2.05) is 18.2 Å². The van der Waals surface area contributed by atoms with E-state index in [9.17, 15) is 9.59 Å². The summed E-state index contributed by atoms with van der Waals surface area (Å²) in [5.74, 6) is 1.72. The summed E-state index contributed by atoms with van der Waals surface area (Å²) in [6.45, 7) is 2.30. The lowest BCUT2D eigenvalue weighted by Crippen LogP contribution is -2.37. The fourth-order valence-electron chi connectivity index (χ4n) is 2.60. The van der Waals surface area contributed by atoms with Gasteiger partial charge in [-0.1, -0.05) is 0 Å². The molecule has 0 radical (unpaired) electrons. The number of benzene rings is 1. The highest BCUT2D eigenvalue weighted by atomic mass is 32.2. The number of thioether (sulfide) groups is 1. The highest BCUT2D eigenvalue weighted by Gasteiger charge is 2.24. The summed E-state index contributed by atoms with van der Waals surface area (Å²) in [5, 5.41) is 6.09. The topological polar surface area (TPSA) is 61.4 Å². The average Bonchev–Trinajstić information content (AvgIpc) is 3.07. The van der Waals surface area contributed by atoms with E-state index < -0.39 is 0 Å². The Morgan fingerprint density at radius 1 is 1.45 bits per heavy atom. The Morgan fingerprint density at radius 3 is 3.00 bits per heavy atom. The minimum atomic E-state index is -0.109. The van der Waals surface area contributed by atoms with Crippen LogP contribution in [0.15, 0.2) is 18.2 Å². The van der Waals surface area contributed by atoms with Gasteiger partial charge in [-0.3, -0.25) is 14.9 Å². The monoisotopic (exact) mass is 291 g/mol. The first-order valence-corrected chi connectivity index (χ1v) is 7.83. The zero-order chi connectivity index (χ0) is 14.1. The van der Waals surface area contributed by atoms with Gasteiger partial charge in [0.2, 0.25) is 11.8 Å². The molecule has 0 saturated carbocycles. The molecule has 1 aromatic carbocycles. The summed E-state index contributed by atoms with van der Waals surface area (Å²) >= 11 is 1.73. The van der Waals surface area contributed by atoms with Gasteiger partial charge in [0.25, 0.3) is 0 Å². The molecule has 1 atom stereocenters. The largest absolute Gasteiger partial charge is 0.325 e. The van der Waals surface area contributed by atoms with Gasteiger partial charge in [0, 0.05) is 36.5 Å². The van der Waals surface area contributed by atoms with Crippen LogP contribution in [0.5, 0.6) is 0 Å². The molecule has 2 heterocycles. The SMILES string of the molecule is CC(=O)N1CCc2cc(NC(=O)C3CSCN3)ccc21. The molecule has 20 heavy (non-hydrogen) atoms. The fourth-order valence-corrected chi connectivity index (χ4v) is 3.54. The molecule has 1 unspecified atom stereocenters. The Hall–Kier alpha value is -1.53. The van der Waals surface area contributed by atoms with Crippen molar-refractivity contribution in [3.8, 4) is 0 Å². The van der Waals surface area contributed by atoms with Crippen LogP contribution in [0.2, 0.25) is 0 Å². The molecule has 6 heteroatoms. The third-order valence-corrected chi connectivity index (χ3v) is 4.60. The summed E-state index contributed by atoms with van der Waals surface area (Å²) in [5.41, 5.74) is 2.88. The van der Waals surface area contributed by atoms with Crippen LogP contribution >= 0.6 is 11.8 Å². The van der Waals surface area contributed by atoms with Gasteiger partial charge in [0.05, 0.1) is 6.04 Å². The van der Waals surface area contributed by atoms with Crippen LogP contribution in [-0.2, 0) is 16.0 Å². The minimum Gasteiger partial charge on any atom is -0.325 e. The Kier molecular flexibility index (Phi) is 3.67. The van der Waals surface area contributed by atoms with Gasteiger partial charge in [-0.05, 0) is 30.2 Å². The summed E-state index contributed by atoms with van der Waals surface area (Å²) in [6, 6.07) is 5.64. The zero-order valence-corrected chi connectivity index (χ0v) is 12.1. The molecule has 0 aliphatic carbocycles. The van der Waals surface area contributed by atoms with Crippen LogP contribution in [-0.4, -0.2) is 36.0 Å². The first-order chi connectivity index (χ1) is 9.65. The maximum atomic E-state index is 12.0. The second kappa shape index (κ2) is 5.46. The molecular weight excluding hydrogens is 274 g/mol. The highest BCUT2D eigenvalue weighted by molar-refractivity contribution is 7.99. The molecule has 0 bridgehead atoms. The van der Waals surface area contributed by atoms with E-state index in [1.165, 1.54) is 0 Å². The predicted molar refractivity (Wildman–Crippen MR) is 81.1 cm³/mol. The number of hydrogen-bond acceptors (Lipinski definition) is 4.